The molecule has 0 radical (unpaired) electrons. The van der Waals surface area contributed by atoms with Crippen molar-refractivity contribution in [1.29, 1.82) is 0 Å². The summed E-state index contributed by atoms with van der Waals surface area (Å²) >= 11 is 1.96. The first-order valence-electron chi connectivity index (χ1n) is 7.00. The minimum Gasteiger partial charge on any atom is -0.309 e. The van der Waals surface area contributed by atoms with E-state index in [-0.39, 0.29) is 0 Å². The molecule has 2 rings (SSSR count). The monoisotopic (exact) mass is 251 g/mol. The molecule has 1 saturated carbocycles. The molecule has 3 unspecified atom stereocenters. The number of rotatable bonds is 4. The van der Waals surface area contributed by atoms with Gasteiger partial charge in [0, 0.05) is 22.3 Å². The Morgan fingerprint density at radius 3 is 2.59 bits per heavy atom. The average molecular weight is 251 g/mol. The second-order valence-corrected chi connectivity index (χ2v) is 6.82. The first-order valence-corrected chi connectivity index (χ1v) is 7.81. The molecule has 0 aromatic carbocycles. The Labute approximate surface area is 110 Å². The molecule has 3 atom stereocenters. The molecule has 0 saturated heterocycles. The lowest BCUT2D eigenvalue weighted by molar-refractivity contribution is 0.226. The molecule has 2 heteroatoms. The van der Waals surface area contributed by atoms with Crippen LogP contribution < -0.4 is 5.32 Å². The zero-order valence-corrected chi connectivity index (χ0v) is 12.1. The summed E-state index contributed by atoms with van der Waals surface area (Å²) in [5.41, 5.74) is 0. The Balaban J connectivity index is 1.78. The summed E-state index contributed by atoms with van der Waals surface area (Å²) in [6, 6.07) is 5.30. The van der Waals surface area contributed by atoms with Crippen LogP contribution in [-0.2, 0) is 13.0 Å². The van der Waals surface area contributed by atoms with Gasteiger partial charge >= 0.3 is 0 Å². The molecule has 1 aromatic rings. The van der Waals surface area contributed by atoms with Gasteiger partial charge in [-0.25, -0.2) is 0 Å². The van der Waals surface area contributed by atoms with Gasteiger partial charge in [0.05, 0.1) is 0 Å². The van der Waals surface area contributed by atoms with E-state index in [2.05, 4.69) is 38.2 Å². The van der Waals surface area contributed by atoms with Crippen molar-refractivity contribution in [3.63, 3.8) is 0 Å². The Hall–Kier alpha value is -0.340. The third kappa shape index (κ3) is 3.56. The van der Waals surface area contributed by atoms with Crippen LogP contribution in [0.4, 0.5) is 0 Å². The van der Waals surface area contributed by atoms with Crippen LogP contribution in [0, 0.1) is 11.8 Å². The maximum atomic E-state index is 3.74. The molecule has 0 amide bonds. The number of hydrogen-bond donors (Lipinski definition) is 1. The topological polar surface area (TPSA) is 12.0 Å². The van der Waals surface area contributed by atoms with Crippen molar-refractivity contribution in [1.82, 2.24) is 5.32 Å². The molecule has 0 spiro atoms. The third-order valence-corrected chi connectivity index (χ3v) is 5.46. The summed E-state index contributed by atoms with van der Waals surface area (Å²) < 4.78 is 0. The highest BCUT2D eigenvalue weighted by Crippen LogP contribution is 2.29. The Morgan fingerprint density at radius 1 is 1.18 bits per heavy atom. The van der Waals surface area contributed by atoms with Gasteiger partial charge in [-0.3, -0.25) is 0 Å². The van der Waals surface area contributed by atoms with Crippen LogP contribution in [0.3, 0.4) is 0 Å². The quantitative estimate of drug-likeness (QED) is 0.844. The highest BCUT2D eigenvalue weighted by Gasteiger charge is 2.23. The predicted molar refractivity (Wildman–Crippen MR) is 76.5 cm³/mol. The number of thiophene rings is 1. The van der Waals surface area contributed by atoms with Crippen LogP contribution >= 0.6 is 11.3 Å². The van der Waals surface area contributed by atoms with E-state index in [1.165, 1.54) is 35.4 Å². The molecule has 1 aliphatic carbocycles. The number of nitrogens with one attached hydrogen (secondary N) is 1. The van der Waals surface area contributed by atoms with E-state index >= 15 is 0 Å². The van der Waals surface area contributed by atoms with Crippen LogP contribution in [0.5, 0.6) is 0 Å². The van der Waals surface area contributed by atoms with Crippen molar-refractivity contribution >= 4 is 11.3 Å². The lowest BCUT2D eigenvalue weighted by atomic mass is 9.79. The standard InChI is InChI=1S/C15H25NS/c1-4-14-7-8-15(17-14)10-16-13-6-5-11(2)12(3)9-13/h7-8,11-13,16H,4-6,9-10H2,1-3H3. The maximum absolute atomic E-state index is 3.74. The lowest BCUT2D eigenvalue weighted by Gasteiger charge is -2.32. The molecule has 0 bridgehead atoms. The molecule has 0 aliphatic heterocycles. The fourth-order valence-electron chi connectivity index (χ4n) is 2.69. The highest BCUT2D eigenvalue weighted by molar-refractivity contribution is 7.11. The van der Waals surface area contributed by atoms with Gasteiger partial charge < -0.3 is 5.32 Å². The predicted octanol–water partition coefficient (Wildman–Crippen LogP) is 4.22. The van der Waals surface area contributed by atoms with E-state index in [0.29, 0.717) is 0 Å². The van der Waals surface area contributed by atoms with Crippen LogP contribution in [0.25, 0.3) is 0 Å². The molecule has 1 aliphatic rings. The van der Waals surface area contributed by atoms with Gasteiger partial charge in [0.15, 0.2) is 0 Å². The summed E-state index contributed by atoms with van der Waals surface area (Å²) in [5.74, 6) is 1.80. The van der Waals surface area contributed by atoms with Crippen molar-refractivity contribution < 1.29 is 0 Å². The Morgan fingerprint density at radius 2 is 1.94 bits per heavy atom. The number of hydrogen-bond acceptors (Lipinski definition) is 2. The molecular weight excluding hydrogens is 226 g/mol. The fraction of sp³-hybridized carbons (Fsp3) is 0.733. The first kappa shape index (κ1) is 13.1. The minimum absolute atomic E-state index is 0.744. The van der Waals surface area contributed by atoms with E-state index in [1.54, 1.807) is 0 Å². The molecule has 17 heavy (non-hydrogen) atoms. The summed E-state index contributed by atoms with van der Waals surface area (Å²) in [6.07, 6.45) is 5.27. The summed E-state index contributed by atoms with van der Waals surface area (Å²) in [4.78, 5) is 3.00. The molecule has 1 heterocycles. The van der Waals surface area contributed by atoms with Gasteiger partial charge in [0.1, 0.15) is 0 Å². The van der Waals surface area contributed by atoms with Crippen molar-refractivity contribution in [3.05, 3.63) is 21.9 Å². The average Bonchev–Trinajstić information content (AvgIpc) is 2.79. The van der Waals surface area contributed by atoms with E-state index in [9.17, 15) is 0 Å². The maximum Gasteiger partial charge on any atom is 0.0302 e. The van der Waals surface area contributed by atoms with Crippen LogP contribution in [0.2, 0.25) is 0 Å². The van der Waals surface area contributed by atoms with Gasteiger partial charge in [-0.15, -0.1) is 11.3 Å². The van der Waals surface area contributed by atoms with Gasteiger partial charge in [-0.05, 0) is 49.7 Å². The molecule has 1 nitrogen and oxygen atoms in total. The normalized spacial score (nSPS) is 29.5. The molecular formula is C15H25NS. The van der Waals surface area contributed by atoms with E-state index in [0.717, 1.165) is 24.4 Å². The largest absolute Gasteiger partial charge is 0.309 e. The molecule has 1 N–H and O–H groups in total. The van der Waals surface area contributed by atoms with Gasteiger partial charge in [-0.1, -0.05) is 20.8 Å². The molecule has 1 fully saturated rings. The molecule has 96 valence electrons. The van der Waals surface area contributed by atoms with E-state index in [1.807, 2.05) is 11.3 Å². The smallest absolute Gasteiger partial charge is 0.0302 e. The minimum atomic E-state index is 0.744. The summed E-state index contributed by atoms with van der Waals surface area (Å²) in [5, 5.41) is 3.74. The summed E-state index contributed by atoms with van der Waals surface area (Å²) in [7, 11) is 0. The Bertz CT molecular complexity index is 344. The van der Waals surface area contributed by atoms with Crippen molar-refractivity contribution in [2.75, 3.05) is 0 Å². The zero-order valence-electron chi connectivity index (χ0n) is 11.3. The lowest BCUT2D eigenvalue weighted by Crippen LogP contribution is -2.35. The fourth-order valence-corrected chi connectivity index (χ4v) is 3.59. The third-order valence-electron chi connectivity index (χ3n) is 4.23. The summed E-state index contributed by atoms with van der Waals surface area (Å²) in [6.45, 7) is 8.09. The van der Waals surface area contributed by atoms with Gasteiger partial charge in [0.2, 0.25) is 0 Å². The van der Waals surface area contributed by atoms with Gasteiger partial charge in [-0.2, -0.15) is 0 Å². The van der Waals surface area contributed by atoms with E-state index < -0.39 is 0 Å². The van der Waals surface area contributed by atoms with Crippen molar-refractivity contribution in [2.24, 2.45) is 11.8 Å². The second-order valence-electron chi connectivity index (χ2n) is 5.57. The van der Waals surface area contributed by atoms with Gasteiger partial charge in [0.25, 0.3) is 0 Å². The zero-order chi connectivity index (χ0) is 12.3. The van der Waals surface area contributed by atoms with Crippen LogP contribution in [0.1, 0.15) is 49.8 Å². The highest BCUT2D eigenvalue weighted by atomic mass is 32.1. The molecule has 1 aromatic heterocycles. The number of aryl methyl sites for hydroxylation is 1. The van der Waals surface area contributed by atoms with Crippen LogP contribution in [-0.4, -0.2) is 6.04 Å². The SMILES string of the molecule is CCc1ccc(CNC2CCC(C)C(C)C2)s1. The van der Waals surface area contributed by atoms with Crippen LogP contribution in [0.15, 0.2) is 12.1 Å². The van der Waals surface area contributed by atoms with E-state index in [4.69, 9.17) is 0 Å². The Kier molecular flexibility index (Phi) is 4.63. The first-order chi connectivity index (χ1) is 8.19. The van der Waals surface area contributed by atoms with Crippen molar-refractivity contribution in [2.45, 2.75) is 59.0 Å². The second kappa shape index (κ2) is 6.01. The van der Waals surface area contributed by atoms with Crippen molar-refractivity contribution in [3.8, 4) is 0 Å².